The number of rotatable bonds is 1. The molecular formula is C13H14N4O2. The third-order valence-corrected chi connectivity index (χ3v) is 2.49. The largest absolute Gasteiger partial charge is 0.491 e. The second-order valence-electron chi connectivity index (χ2n) is 3.77. The Balaban J connectivity index is 0.000000224. The maximum Gasteiger partial charge on any atom is 0.275 e. The first kappa shape index (κ1) is 12.7. The van der Waals surface area contributed by atoms with E-state index in [4.69, 9.17) is 0 Å². The molecule has 0 bridgehead atoms. The molecule has 0 aliphatic carbocycles. The Hall–Kier alpha value is -2.76. The van der Waals surface area contributed by atoms with Gasteiger partial charge in [-0.15, -0.1) is 0 Å². The van der Waals surface area contributed by atoms with Crippen molar-refractivity contribution in [2.75, 3.05) is 0 Å². The lowest BCUT2D eigenvalue weighted by atomic mass is 10.2. The molecule has 2 aromatic heterocycles. The van der Waals surface area contributed by atoms with E-state index in [2.05, 4.69) is 15.0 Å². The van der Waals surface area contributed by atoms with Crippen molar-refractivity contribution in [3.8, 4) is 23.1 Å². The third kappa shape index (κ3) is 2.92. The van der Waals surface area contributed by atoms with Crippen LogP contribution < -0.4 is 0 Å². The number of imidazole rings is 2. The van der Waals surface area contributed by atoms with Crippen molar-refractivity contribution in [2.45, 2.75) is 0 Å². The first-order chi connectivity index (χ1) is 9.20. The van der Waals surface area contributed by atoms with E-state index >= 15 is 0 Å². The number of H-pyrrole nitrogens is 1. The second-order valence-corrected chi connectivity index (χ2v) is 3.77. The van der Waals surface area contributed by atoms with Crippen molar-refractivity contribution in [3.63, 3.8) is 0 Å². The standard InChI is InChI=1S/C10H10N2O2.C3H4N2/c1-12-8(11-9(13)10(12)14)7-5-3-2-4-6-7;1-2-5-3-4-1/h2-6,13-14H,1H3;1-3H,(H,4,5). The summed E-state index contributed by atoms with van der Waals surface area (Å²) in [5.74, 6) is -0.0178. The van der Waals surface area contributed by atoms with Gasteiger partial charge in [0.1, 0.15) is 5.82 Å². The maximum absolute atomic E-state index is 9.34. The van der Waals surface area contributed by atoms with Crippen molar-refractivity contribution < 1.29 is 10.2 Å². The summed E-state index contributed by atoms with van der Waals surface area (Å²) in [6, 6.07) is 9.37. The summed E-state index contributed by atoms with van der Waals surface area (Å²) in [5, 5.41) is 18.5. The van der Waals surface area contributed by atoms with Gasteiger partial charge in [0.2, 0.25) is 0 Å². The van der Waals surface area contributed by atoms with Gasteiger partial charge in [0.15, 0.2) is 0 Å². The van der Waals surface area contributed by atoms with Gasteiger partial charge in [0, 0.05) is 25.0 Å². The summed E-state index contributed by atoms with van der Waals surface area (Å²) < 4.78 is 1.44. The van der Waals surface area contributed by atoms with Gasteiger partial charge in [0.05, 0.1) is 6.33 Å². The van der Waals surface area contributed by atoms with Gasteiger partial charge in [0.25, 0.3) is 11.8 Å². The number of benzene rings is 1. The van der Waals surface area contributed by atoms with Gasteiger partial charge < -0.3 is 15.2 Å². The lowest BCUT2D eigenvalue weighted by molar-refractivity contribution is 0.374. The molecule has 0 aliphatic rings. The molecule has 0 aliphatic heterocycles. The van der Waals surface area contributed by atoms with Crippen LogP contribution in [-0.2, 0) is 7.05 Å². The Morgan fingerprint density at radius 3 is 2.32 bits per heavy atom. The van der Waals surface area contributed by atoms with E-state index in [0.717, 1.165) is 5.56 Å². The average molecular weight is 258 g/mol. The SMILES string of the molecule is Cn1c(-c2ccccc2)nc(O)c1O.c1c[nH]cn1. The highest BCUT2D eigenvalue weighted by Gasteiger charge is 2.13. The topological polar surface area (TPSA) is 87.0 Å². The predicted molar refractivity (Wildman–Crippen MR) is 70.6 cm³/mol. The van der Waals surface area contributed by atoms with Crippen LogP contribution in [0.4, 0.5) is 0 Å². The van der Waals surface area contributed by atoms with Crippen LogP contribution in [0.3, 0.4) is 0 Å². The van der Waals surface area contributed by atoms with E-state index in [1.807, 2.05) is 30.3 Å². The zero-order valence-electron chi connectivity index (χ0n) is 10.4. The molecule has 1 aromatic carbocycles. The van der Waals surface area contributed by atoms with Crippen LogP contribution in [0.25, 0.3) is 11.4 Å². The van der Waals surface area contributed by atoms with Gasteiger partial charge in [-0.2, -0.15) is 4.98 Å². The molecule has 2 heterocycles. The highest BCUT2D eigenvalue weighted by atomic mass is 16.3. The van der Waals surface area contributed by atoms with Crippen molar-refractivity contribution in [1.82, 2.24) is 19.5 Å². The number of aromatic hydroxyl groups is 2. The molecule has 0 radical (unpaired) electrons. The van der Waals surface area contributed by atoms with E-state index in [-0.39, 0.29) is 11.8 Å². The smallest absolute Gasteiger partial charge is 0.275 e. The summed E-state index contributed by atoms with van der Waals surface area (Å²) in [6.07, 6.45) is 5.08. The van der Waals surface area contributed by atoms with E-state index in [1.165, 1.54) is 4.57 Å². The van der Waals surface area contributed by atoms with Crippen LogP contribution in [0.15, 0.2) is 49.1 Å². The maximum atomic E-state index is 9.34. The third-order valence-electron chi connectivity index (χ3n) is 2.49. The van der Waals surface area contributed by atoms with Crippen molar-refractivity contribution in [1.29, 1.82) is 0 Å². The summed E-state index contributed by atoms with van der Waals surface area (Å²) in [4.78, 5) is 10.3. The molecule has 0 amide bonds. The number of aromatic nitrogens is 4. The van der Waals surface area contributed by atoms with Crippen LogP contribution in [0.2, 0.25) is 0 Å². The van der Waals surface area contributed by atoms with Crippen LogP contribution in [0.5, 0.6) is 11.8 Å². The molecule has 0 fully saturated rings. The van der Waals surface area contributed by atoms with Gasteiger partial charge in [-0.3, -0.25) is 4.57 Å². The molecule has 0 atom stereocenters. The number of nitrogens with zero attached hydrogens (tertiary/aromatic N) is 3. The molecule has 3 aromatic rings. The van der Waals surface area contributed by atoms with Gasteiger partial charge in [-0.05, 0) is 0 Å². The molecule has 6 heteroatoms. The van der Waals surface area contributed by atoms with Gasteiger partial charge in [-0.25, -0.2) is 4.98 Å². The first-order valence-corrected chi connectivity index (χ1v) is 5.63. The Bertz CT molecular complexity index is 600. The zero-order valence-corrected chi connectivity index (χ0v) is 10.4. The Kier molecular flexibility index (Phi) is 3.82. The summed E-state index contributed by atoms with van der Waals surface area (Å²) >= 11 is 0. The van der Waals surface area contributed by atoms with Crippen molar-refractivity contribution >= 4 is 0 Å². The van der Waals surface area contributed by atoms with Crippen LogP contribution in [-0.4, -0.2) is 29.7 Å². The van der Waals surface area contributed by atoms with Crippen molar-refractivity contribution in [2.24, 2.45) is 7.05 Å². The van der Waals surface area contributed by atoms with Crippen LogP contribution in [0.1, 0.15) is 0 Å². The van der Waals surface area contributed by atoms with Gasteiger partial charge in [-0.1, -0.05) is 30.3 Å². The second kappa shape index (κ2) is 5.72. The molecule has 6 nitrogen and oxygen atoms in total. The minimum absolute atomic E-state index is 0.219. The van der Waals surface area contributed by atoms with Gasteiger partial charge >= 0.3 is 0 Å². The minimum atomic E-state index is -0.341. The molecule has 0 saturated carbocycles. The minimum Gasteiger partial charge on any atom is -0.491 e. The summed E-state index contributed by atoms with van der Waals surface area (Å²) in [5.41, 5.74) is 0.852. The van der Waals surface area contributed by atoms with Crippen molar-refractivity contribution in [3.05, 3.63) is 49.1 Å². The quantitative estimate of drug-likeness (QED) is 0.622. The predicted octanol–water partition coefficient (Wildman–Crippen LogP) is 1.91. The fraction of sp³-hybridized carbons (Fsp3) is 0.0769. The fourth-order valence-electron chi connectivity index (χ4n) is 1.54. The van der Waals surface area contributed by atoms with Crippen LogP contribution in [0, 0.1) is 0 Å². The molecule has 0 unspecified atom stereocenters. The lowest BCUT2D eigenvalue weighted by Crippen LogP contribution is -1.91. The number of aromatic amines is 1. The first-order valence-electron chi connectivity index (χ1n) is 5.63. The van der Waals surface area contributed by atoms with E-state index < -0.39 is 0 Å². The number of hydrogen-bond donors (Lipinski definition) is 3. The monoisotopic (exact) mass is 258 g/mol. The Morgan fingerprint density at radius 1 is 1.16 bits per heavy atom. The Morgan fingerprint density at radius 2 is 1.89 bits per heavy atom. The normalized spacial score (nSPS) is 9.74. The average Bonchev–Trinajstić information content (AvgIpc) is 3.09. The summed E-state index contributed by atoms with van der Waals surface area (Å²) in [6.45, 7) is 0. The van der Waals surface area contributed by atoms with Crippen LogP contribution >= 0.6 is 0 Å². The molecule has 3 N–H and O–H groups in total. The molecular weight excluding hydrogens is 244 g/mol. The zero-order chi connectivity index (χ0) is 13.7. The molecule has 0 spiro atoms. The lowest BCUT2D eigenvalue weighted by Gasteiger charge is -2.00. The fourth-order valence-corrected chi connectivity index (χ4v) is 1.54. The number of hydrogen-bond acceptors (Lipinski definition) is 4. The van der Waals surface area contributed by atoms with E-state index in [0.29, 0.717) is 5.82 Å². The highest BCUT2D eigenvalue weighted by molar-refractivity contribution is 5.58. The Labute approximate surface area is 110 Å². The molecule has 19 heavy (non-hydrogen) atoms. The molecule has 3 rings (SSSR count). The van der Waals surface area contributed by atoms with E-state index in [1.54, 1.807) is 25.8 Å². The number of nitrogens with one attached hydrogen (secondary N) is 1. The van der Waals surface area contributed by atoms with E-state index in [9.17, 15) is 10.2 Å². The molecule has 0 saturated heterocycles. The highest BCUT2D eigenvalue weighted by Crippen LogP contribution is 2.29. The molecule has 98 valence electrons. The summed E-state index contributed by atoms with van der Waals surface area (Å²) in [7, 11) is 1.64.